The van der Waals surface area contributed by atoms with E-state index in [1.54, 1.807) is 0 Å². The van der Waals surface area contributed by atoms with Crippen LogP contribution in [0.3, 0.4) is 0 Å². The van der Waals surface area contributed by atoms with E-state index in [9.17, 15) is 0 Å². The van der Waals surface area contributed by atoms with Crippen molar-refractivity contribution in [3.63, 3.8) is 0 Å². The van der Waals surface area contributed by atoms with Gasteiger partial charge in [-0.2, -0.15) is 0 Å². The van der Waals surface area contributed by atoms with Crippen LogP contribution in [0.25, 0.3) is 11.1 Å². The molecule has 110 valence electrons. The van der Waals surface area contributed by atoms with Crippen molar-refractivity contribution in [3.8, 4) is 11.1 Å². The molecule has 1 fully saturated rings. The fraction of sp³-hybridized carbons (Fsp3) is 0.412. The van der Waals surface area contributed by atoms with Gasteiger partial charge >= 0.3 is 0 Å². The highest BCUT2D eigenvalue weighted by molar-refractivity contribution is 5.61. The number of benzene rings is 1. The minimum Gasteiger partial charge on any atom is -0.354 e. The van der Waals surface area contributed by atoms with Crippen LogP contribution in [-0.2, 0) is 0 Å². The van der Waals surface area contributed by atoms with Gasteiger partial charge in [0, 0.05) is 30.5 Å². The van der Waals surface area contributed by atoms with Gasteiger partial charge in [0.25, 0.3) is 0 Å². The predicted octanol–water partition coefficient (Wildman–Crippen LogP) is 3.04. The highest BCUT2D eigenvalue weighted by Crippen LogP contribution is 2.19. The number of nitrogens with zero attached hydrogens (tertiary/aromatic N) is 3. The zero-order valence-corrected chi connectivity index (χ0v) is 12.5. The van der Waals surface area contributed by atoms with Crippen LogP contribution in [-0.4, -0.2) is 41.0 Å². The lowest BCUT2D eigenvalue weighted by Gasteiger charge is -2.19. The van der Waals surface area contributed by atoms with Gasteiger partial charge in [-0.15, -0.1) is 0 Å². The molecule has 1 saturated heterocycles. The molecule has 1 atom stereocenters. The van der Waals surface area contributed by atoms with E-state index in [1.807, 2.05) is 30.6 Å². The Kier molecular flexibility index (Phi) is 4.46. The van der Waals surface area contributed by atoms with Crippen molar-refractivity contribution < 1.29 is 0 Å². The molecule has 3 rings (SSSR count). The second-order valence-corrected chi connectivity index (χ2v) is 5.65. The molecule has 1 aromatic carbocycles. The van der Waals surface area contributed by atoms with Gasteiger partial charge < -0.3 is 10.2 Å². The first-order valence-electron chi connectivity index (χ1n) is 7.64. The van der Waals surface area contributed by atoms with Gasteiger partial charge in [0.2, 0.25) is 5.95 Å². The van der Waals surface area contributed by atoms with Crippen LogP contribution in [0.1, 0.15) is 19.3 Å². The quantitative estimate of drug-likeness (QED) is 0.915. The van der Waals surface area contributed by atoms with Crippen molar-refractivity contribution in [3.05, 3.63) is 42.7 Å². The van der Waals surface area contributed by atoms with Gasteiger partial charge in [0.1, 0.15) is 0 Å². The van der Waals surface area contributed by atoms with E-state index in [-0.39, 0.29) is 0 Å². The molecule has 0 spiro atoms. The minimum absolute atomic E-state index is 0.709. The van der Waals surface area contributed by atoms with Crippen molar-refractivity contribution in [1.82, 2.24) is 14.9 Å². The molecular formula is C17H22N4. The van der Waals surface area contributed by atoms with Crippen LogP contribution >= 0.6 is 0 Å². The van der Waals surface area contributed by atoms with E-state index in [0.717, 1.165) is 30.0 Å². The Balaban J connectivity index is 1.53. The molecule has 1 aromatic heterocycles. The fourth-order valence-electron chi connectivity index (χ4n) is 2.89. The average Bonchev–Trinajstić information content (AvgIpc) is 2.94. The molecular weight excluding hydrogens is 260 g/mol. The first-order valence-corrected chi connectivity index (χ1v) is 7.64. The lowest BCUT2D eigenvalue weighted by Crippen LogP contribution is -2.27. The summed E-state index contributed by atoms with van der Waals surface area (Å²) < 4.78 is 0. The standard InChI is InChI=1S/C17H22N4/c1-21-11-5-8-16(21)9-10-18-17-19-12-15(13-20-17)14-6-3-2-4-7-14/h2-4,6-7,12-13,16H,5,8-11H2,1H3,(H,18,19,20). The molecule has 0 radical (unpaired) electrons. The Labute approximate surface area is 126 Å². The first kappa shape index (κ1) is 14.0. The molecule has 4 nitrogen and oxygen atoms in total. The zero-order chi connectivity index (χ0) is 14.5. The third-order valence-electron chi connectivity index (χ3n) is 4.19. The SMILES string of the molecule is CN1CCCC1CCNc1ncc(-c2ccccc2)cn1. The van der Waals surface area contributed by atoms with E-state index >= 15 is 0 Å². The van der Waals surface area contributed by atoms with Crippen LogP contribution in [0.2, 0.25) is 0 Å². The van der Waals surface area contributed by atoms with Gasteiger partial charge in [-0.25, -0.2) is 9.97 Å². The summed E-state index contributed by atoms with van der Waals surface area (Å²) in [5.41, 5.74) is 2.20. The second kappa shape index (κ2) is 6.68. The summed E-state index contributed by atoms with van der Waals surface area (Å²) in [6, 6.07) is 10.9. The molecule has 0 saturated carbocycles. The molecule has 1 N–H and O–H groups in total. The topological polar surface area (TPSA) is 41.0 Å². The number of rotatable bonds is 5. The van der Waals surface area contributed by atoms with Gasteiger partial charge in [-0.05, 0) is 38.4 Å². The van der Waals surface area contributed by atoms with Crippen molar-refractivity contribution in [1.29, 1.82) is 0 Å². The van der Waals surface area contributed by atoms with Crippen molar-refractivity contribution in [2.24, 2.45) is 0 Å². The number of nitrogens with one attached hydrogen (secondary N) is 1. The highest BCUT2D eigenvalue weighted by atomic mass is 15.2. The molecule has 1 aliphatic rings. The van der Waals surface area contributed by atoms with Gasteiger partial charge in [-0.1, -0.05) is 30.3 Å². The van der Waals surface area contributed by atoms with E-state index in [0.29, 0.717) is 6.04 Å². The molecule has 1 unspecified atom stereocenters. The molecule has 1 aliphatic heterocycles. The maximum absolute atomic E-state index is 4.40. The first-order chi connectivity index (χ1) is 10.3. The summed E-state index contributed by atoms with van der Waals surface area (Å²) in [7, 11) is 2.21. The Morgan fingerprint density at radius 2 is 1.90 bits per heavy atom. The molecule has 4 heteroatoms. The van der Waals surface area contributed by atoms with Crippen molar-refractivity contribution >= 4 is 5.95 Å². The summed E-state index contributed by atoms with van der Waals surface area (Å²) in [4.78, 5) is 11.3. The van der Waals surface area contributed by atoms with Gasteiger partial charge in [-0.3, -0.25) is 0 Å². The monoisotopic (exact) mass is 282 g/mol. The molecule has 0 amide bonds. The molecule has 21 heavy (non-hydrogen) atoms. The van der Waals surface area contributed by atoms with Crippen LogP contribution < -0.4 is 5.32 Å². The number of anilines is 1. The normalized spacial score (nSPS) is 18.8. The van der Waals surface area contributed by atoms with E-state index < -0.39 is 0 Å². The number of aromatic nitrogens is 2. The Morgan fingerprint density at radius 3 is 2.57 bits per heavy atom. The molecule has 0 bridgehead atoms. The number of hydrogen-bond acceptors (Lipinski definition) is 4. The average molecular weight is 282 g/mol. The fourth-order valence-corrected chi connectivity index (χ4v) is 2.89. The summed E-state index contributed by atoms with van der Waals surface area (Å²) in [5.74, 6) is 0.718. The summed E-state index contributed by atoms with van der Waals surface area (Å²) in [5, 5.41) is 3.32. The van der Waals surface area contributed by atoms with Gasteiger partial charge in [0.05, 0.1) is 0 Å². The van der Waals surface area contributed by atoms with Crippen molar-refractivity contribution in [2.75, 3.05) is 25.5 Å². The molecule has 2 heterocycles. The lowest BCUT2D eigenvalue weighted by molar-refractivity contribution is 0.301. The third-order valence-corrected chi connectivity index (χ3v) is 4.19. The zero-order valence-electron chi connectivity index (χ0n) is 12.5. The summed E-state index contributed by atoms with van der Waals surface area (Å²) in [6.07, 6.45) is 7.55. The largest absolute Gasteiger partial charge is 0.354 e. The van der Waals surface area contributed by atoms with E-state index in [4.69, 9.17) is 0 Å². The van der Waals surface area contributed by atoms with E-state index in [2.05, 4.69) is 39.4 Å². The Bertz CT molecular complexity index is 553. The predicted molar refractivity (Wildman–Crippen MR) is 86.2 cm³/mol. The van der Waals surface area contributed by atoms with Crippen LogP contribution in [0.5, 0.6) is 0 Å². The third kappa shape index (κ3) is 3.58. The van der Waals surface area contributed by atoms with Gasteiger partial charge in [0.15, 0.2) is 0 Å². The minimum atomic E-state index is 0.709. The lowest BCUT2D eigenvalue weighted by atomic mass is 10.1. The van der Waals surface area contributed by atoms with Crippen LogP contribution in [0.4, 0.5) is 5.95 Å². The summed E-state index contributed by atoms with van der Waals surface area (Å²) in [6.45, 7) is 2.16. The second-order valence-electron chi connectivity index (χ2n) is 5.65. The number of hydrogen-bond donors (Lipinski definition) is 1. The molecule has 0 aliphatic carbocycles. The summed E-state index contributed by atoms with van der Waals surface area (Å²) >= 11 is 0. The smallest absolute Gasteiger partial charge is 0.222 e. The van der Waals surface area contributed by atoms with Crippen molar-refractivity contribution in [2.45, 2.75) is 25.3 Å². The molecule has 2 aromatic rings. The van der Waals surface area contributed by atoms with Crippen LogP contribution in [0.15, 0.2) is 42.7 Å². The highest BCUT2D eigenvalue weighted by Gasteiger charge is 2.19. The Hall–Kier alpha value is -1.94. The number of likely N-dealkylation sites (tertiary alicyclic amines) is 1. The maximum Gasteiger partial charge on any atom is 0.222 e. The Morgan fingerprint density at radius 1 is 1.14 bits per heavy atom. The van der Waals surface area contributed by atoms with Crippen LogP contribution in [0, 0.1) is 0 Å². The maximum atomic E-state index is 4.40. The van der Waals surface area contributed by atoms with E-state index in [1.165, 1.54) is 19.4 Å².